The minimum absolute atomic E-state index is 0.00231. The molecule has 0 unspecified atom stereocenters. The van der Waals surface area contributed by atoms with E-state index in [1.54, 1.807) is 13.0 Å². The Kier molecular flexibility index (Phi) is 4.90. The van der Waals surface area contributed by atoms with Crippen molar-refractivity contribution in [3.63, 3.8) is 0 Å². The number of nitrogens with one attached hydrogen (secondary N) is 1. The van der Waals surface area contributed by atoms with Gasteiger partial charge in [0.1, 0.15) is 5.82 Å². The summed E-state index contributed by atoms with van der Waals surface area (Å²) in [4.78, 5) is 22.5. The fourth-order valence-corrected chi connectivity index (χ4v) is 1.92. The van der Waals surface area contributed by atoms with Gasteiger partial charge >= 0.3 is 5.69 Å². The number of carbonyl (C=O) groups excluding carboxylic acids is 1. The summed E-state index contributed by atoms with van der Waals surface area (Å²) in [5, 5.41) is 13.5. The molecule has 0 aliphatic rings. The number of amides is 1. The Morgan fingerprint density at radius 1 is 1.30 bits per heavy atom. The maximum Gasteiger partial charge on any atom is 0.311 e. The van der Waals surface area contributed by atoms with Gasteiger partial charge in [0.2, 0.25) is 0 Å². The Bertz CT molecular complexity index is 749. The largest absolute Gasteiger partial charge is 0.474 e. The number of rotatable bonds is 5. The Morgan fingerprint density at radius 3 is 2.70 bits per heavy atom. The molecular formula is C16H15FN2O4. The zero-order chi connectivity index (χ0) is 17.0. The van der Waals surface area contributed by atoms with Crippen molar-refractivity contribution >= 4 is 17.3 Å². The van der Waals surface area contributed by atoms with Gasteiger partial charge in [-0.3, -0.25) is 14.9 Å². The molecule has 2 aromatic rings. The fourth-order valence-electron chi connectivity index (χ4n) is 1.92. The zero-order valence-corrected chi connectivity index (χ0v) is 12.6. The highest BCUT2D eigenvalue weighted by molar-refractivity contribution is 5.94. The van der Waals surface area contributed by atoms with Crippen molar-refractivity contribution in [3.05, 3.63) is 64.0 Å². The number of ether oxygens (including phenoxy) is 1. The van der Waals surface area contributed by atoms with Gasteiger partial charge in [0.25, 0.3) is 5.91 Å². The molecule has 2 aromatic carbocycles. The van der Waals surface area contributed by atoms with Crippen LogP contribution in [0.2, 0.25) is 0 Å². The summed E-state index contributed by atoms with van der Waals surface area (Å²) in [6, 6.07) is 9.87. The van der Waals surface area contributed by atoms with Crippen LogP contribution in [0, 0.1) is 22.9 Å². The molecule has 1 N–H and O–H groups in total. The number of halogens is 1. The molecule has 0 aliphatic heterocycles. The number of anilines is 1. The monoisotopic (exact) mass is 318 g/mol. The second kappa shape index (κ2) is 6.87. The van der Waals surface area contributed by atoms with Gasteiger partial charge in [-0.05, 0) is 43.7 Å². The molecule has 0 saturated carbocycles. The van der Waals surface area contributed by atoms with Crippen molar-refractivity contribution < 1.29 is 18.8 Å². The molecule has 120 valence electrons. The number of aryl methyl sites for hydroxylation is 1. The topological polar surface area (TPSA) is 81.5 Å². The van der Waals surface area contributed by atoms with Crippen LogP contribution in [0.4, 0.5) is 15.8 Å². The standard InChI is InChI=1S/C16H15FN2O4/c1-10-6-7-15(14(8-10)19(21)22)23-11(2)16(20)18-13-5-3-4-12(17)9-13/h3-9,11H,1-2H3,(H,18,20)/t11-/m0/s1. The van der Waals surface area contributed by atoms with Crippen molar-refractivity contribution in [1.29, 1.82) is 0 Å². The van der Waals surface area contributed by atoms with E-state index in [2.05, 4.69) is 5.32 Å². The summed E-state index contributed by atoms with van der Waals surface area (Å²) < 4.78 is 18.5. The maximum absolute atomic E-state index is 13.1. The Morgan fingerprint density at radius 2 is 2.04 bits per heavy atom. The molecule has 1 amide bonds. The summed E-state index contributed by atoms with van der Waals surface area (Å²) in [6.07, 6.45) is -0.986. The molecule has 0 heterocycles. The average Bonchev–Trinajstić information content (AvgIpc) is 2.48. The van der Waals surface area contributed by atoms with E-state index in [1.165, 1.54) is 43.3 Å². The maximum atomic E-state index is 13.1. The van der Waals surface area contributed by atoms with E-state index in [0.717, 1.165) is 0 Å². The third-order valence-corrected chi connectivity index (χ3v) is 3.08. The molecule has 1 atom stereocenters. The first-order valence-electron chi connectivity index (χ1n) is 6.85. The van der Waals surface area contributed by atoms with Crippen LogP contribution in [0.15, 0.2) is 42.5 Å². The van der Waals surface area contributed by atoms with Crippen LogP contribution in [-0.2, 0) is 4.79 Å². The highest BCUT2D eigenvalue weighted by Gasteiger charge is 2.21. The van der Waals surface area contributed by atoms with E-state index in [-0.39, 0.29) is 17.1 Å². The third-order valence-electron chi connectivity index (χ3n) is 3.08. The van der Waals surface area contributed by atoms with Gasteiger partial charge in [-0.2, -0.15) is 0 Å². The predicted molar refractivity (Wildman–Crippen MR) is 83.0 cm³/mol. The van der Waals surface area contributed by atoms with Gasteiger partial charge in [-0.15, -0.1) is 0 Å². The summed E-state index contributed by atoms with van der Waals surface area (Å²) in [5.41, 5.74) is 0.778. The van der Waals surface area contributed by atoms with Crippen LogP contribution >= 0.6 is 0 Å². The summed E-state index contributed by atoms with van der Waals surface area (Å²) >= 11 is 0. The SMILES string of the molecule is Cc1ccc(O[C@@H](C)C(=O)Nc2cccc(F)c2)c([N+](=O)[O-])c1. The molecule has 6 nitrogen and oxygen atoms in total. The van der Waals surface area contributed by atoms with Gasteiger partial charge in [0, 0.05) is 11.8 Å². The lowest BCUT2D eigenvalue weighted by atomic mass is 10.2. The number of benzene rings is 2. The minimum atomic E-state index is -0.986. The quantitative estimate of drug-likeness (QED) is 0.676. The van der Waals surface area contributed by atoms with Crippen LogP contribution < -0.4 is 10.1 Å². The van der Waals surface area contributed by atoms with Gasteiger partial charge < -0.3 is 10.1 Å². The van der Waals surface area contributed by atoms with E-state index in [1.807, 2.05) is 0 Å². The fraction of sp³-hybridized carbons (Fsp3) is 0.188. The lowest BCUT2D eigenvalue weighted by molar-refractivity contribution is -0.386. The number of hydrogen-bond acceptors (Lipinski definition) is 4. The number of carbonyl (C=O) groups is 1. The Labute approximate surface area is 132 Å². The molecule has 0 bridgehead atoms. The van der Waals surface area contributed by atoms with Crippen molar-refractivity contribution in [2.24, 2.45) is 0 Å². The van der Waals surface area contributed by atoms with Crippen molar-refractivity contribution in [3.8, 4) is 5.75 Å². The van der Waals surface area contributed by atoms with Crippen molar-refractivity contribution in [2.45, 2.75) is 20.0 Å². The van der Waals surface area contributed by atoms with Crippen LogP contribution in [0.3, 0.4) is 0 Å². The van der Waals surface area contributed by atoms with Gasteiger partial charge in [0.05, 0.1) is 4.92 Å². The minimum Gasteiger partial charge on any atom is -0.474 e. The second-order valence-electron chi connectivity index (χ2n) is 4.99. The normalized spacial score (nSPS) is 11.6. The number of nitro benzene ring substituents is 1. The molecular weight excluding hydrogens is 303 g/mol. The van der Waals surface area contributed by atoms with Gasteiger partial charge in [-0.1, -0.05) is 12.1 Å². The second-order valence-corrected chi connectivity index (χ2v) is 4.99. The summed E-state index contributed by atoms with van der Waals surface area (Å²) in [6.45, 7) is 3.18. The van der Waals surface area contributed by atoms with Gasteiger partial charge in [0.15, 0.2) is 11.9 Å². The zero-order valence-electron chi connectivity index (χ0n) is 12.6. The van der Waals surface area contributed by atoms with E-state index < -0.39 is 22.8 Å². The molecule has 0 radical (unpaired) electrons. The van der Waals surface area contributed by atoms with Crippen LogP contribution in [-0.4, -0.2) is 16.9 Å². The summed E-state index contributed by atoms with van der Waals surface area (Å²) in [7, 11) is 0. The number of hydrogen-bond donors (Lipinski definition) is 1. The van der Waals surface area contributed by atoms with E-state index >= 15 is 0 Å². The van der Waals surface area contributed by atoms with Crippen molar-refractivity contribution in [2.75, 3.05) is 5.32 Å². The first-order chi connectivity index (χ1) is 10.9. The molecule has 0 fully saturated rings. The van der Waals surface area contributed by atoms with Crippen LogP contribution in [0.1, 0.15) is 12.5 Å². The molecule has 0 saturated heterocycles. The third kappa shape index (κ3) is 4.26. The first-order valence-corrected chi connectivity index (χ1v) is 6.85. The molecule has 2 rings (SSSR count). The predicted octanol–water partition coefficient (Wildman–Crippen LogP) is 3.45. The Balaban J connectivity index is 2.11. The van der Waals surface area contributed by atoms with Crippen LogP contribution in [0.5, 0.6) is 5.75 Å². The lowest BCUT2D eigenvalue weighted by Crippen LogP contribution is -2.30. The average molecular weight is 318 g/mol. The molecule has 7 heteroatoms. The smallest absolute Gasteiger partial charge is 0.311 e. The first kappa shape index (κ1) is 16.4. The van der Waals surface area contributed by atoms with Crippen LogP contribution in [0.25, 0.3) is 0 Å². The highest BCUT2D eigenvalue weighted by atomic mass is 19.1. The number of nitrogens with zero attached hydrogens (tertiary/aromatic N) is 1. The highest BCUT2D eigenvalue weighted by Crippen LogP contribution is 2.28. The van der Waals surface area contributed by atoms with E-state index in [4.69, 9.17) is 4.74 Å². The molecule has 23 heavy (non-hydrogen) atoms. The van der Waals surface area contributed by atoms with Gasteiger partial charge in [-0.25, -0.2) is 4.39 Å². The molecule has 0 aliphatic carbocycles. The Hall–Kier alpha value is -2.96. The molecule has 0 aromatic heterocycles. The van der Waals surface area contributed by atoms with E-state index in [0.29, 0.717) is 5.56 Å². The molecule has 0 spiro atoms. The lowest BCUT2D eigenvalue weighted by Gasteiger charge is -2.15. The number of nitro groups is 1. The van der Waals surface area contributed by atoms with E-state index in [9.17, 15) is 19.3 Å². The van der Waals surface area contributed by atoms with Crippen molar-refractivity contribution in [1.82, 2.24) is 0 Å². The summed E-state index contributed by atoms with van der Waals surface area (Å²) in [5.74, 6) is -1.02.